The van der Waals surface area contributed by atoms with Gasteiger partial charge in [-0.25, -0.2) is 14.4 Å². The van der Waals surface area contributed by atoms with Crippen molar-refractivity contribution in [3.8, 4) is 0 Å². The molecule has 10 rings (SSSR count). The normalized spacial score (nSPS) is 27.3. The fourth-order valence-electron chi connectivity index (χ4n) is 14.1. The lowest BCUT2D eigenvalue weighted by Gasteiger charge is -2.53. The summed E-state index contributed by atoms with van der Waals surface area (Å²) in [6, 6.07) is 50.7. The summed E-state index contributed by atoms with van der Waals surface area (Å²) in [6.45, 7) is 12.0. The Bertz CT molecular complexity index is 4250. The predicted molar refractivity (Wildman–Crippen MR) is 421 cm³/mol. The number of aliphatic hydroxyl groups is 1. The number of ether oxygens (including phenoxy) is 20. The fraction of sp³-hybridized carbons (Fsp3) is 0.483. The number of esters is 8. The Kier molecular flexibility index (Phi) is 33.8. The Hall–Kier alpha value is -9.75. The van der Waals surface area contributed by atoms with Crippen molar-refractivity contribution in [3.05, 3.63) is 215 Å². The fourth-order valence-corrected chi connectivity index (χ4v) is 14.8. The molecule has 642 valence electrons. The molecule has 0 aromatic heterocycles. The van der Waals surface area contributed by atoms with Gasteiger partial charge in [-0.2, -0.15) is 0 Å². The van der Waals surface area contributed by atoms with Crippen molar-refractivity contribution in [3.63, 3.8) is 0 Å². The van der Waals surface area contributed by atoms with Gasteiger partial charge in [-0.15, -0.1) is 0 Å². The monoisotopic (exact) mass is 1670 g/mol. The number of rotatable bonds is 38. The molecular formula is C87H105NO30Si. The molecule has 0 radical (unpaired) electrons. The molecule has 0 saturated carbocycles. The Morgan fingerprint density at radius 3 is 1.45 bits per heavy atom. The highest BCUT2D eigenvalue weighted by Crippen LogP contribution is 2.44. The van der Waals surface area contributed by atoms with Crippen molar-refractivity contribution < 1.29 is 143 Å². The highest BCUT2D eigenvalue weighted by Gasteiger charge is 2.64. The SMILES string of the molecule is COC(=O)[C@@]1(O[C@H]2[C@@H](O)[C@@H](COCc3ccccc3)O[C@@H](OCC[Si](C)(C)C)[C@@H]2O[C@@H]2O[C@H](COCc3ccccc3)[C@@H](O[C@H]3O[C@@H](C)[C@H](OC(C)=O)[C@@H](OCc4ccccc4)[C@H]3OCc3ccccc3)[C@H](OC(=O)c3ccccc3)[C@H]2OC(=O)c2ccccc2)C[C@H](OC(C)=O)[C@@H](NC(C)=O)[C@H]([C@H](OC(C)=O)[C@@H](COC(C)=O)OC(C)=O)O1. The van der Waals surface area contributed by atoms with Gasteiger partial charge in [-0.3, -0.25) is 28.8 Å². The van der Waals surface area contributed by atoms with E-state index in [9.17, 15) is 33.9 Å². The molecule has 6 aromatic rings. The van der Waals surface area contributed by atoms with Gasteiger partial charge in [-0.1, -0.05) is 177 Å². The molecule has 4 fully saturated rings. The van der Waals surface area contributed by atoms with Crippen molar-refractivity contribution >= 4 is 61.7 Å². The maximum atomic E-state index is 15.6. The summed E-state index contributed by atoms with van der Waals surface area (Å²) >= 11 is 0. The van der Waals surface area contributed by atoms with Crippen molar-refractivity contribution in [1.29, 1.82) is 0 Å². The van der Waals surface area contributed by atoms with Crippen molar-refractivity contribution in [2.24, 2.45) is 0 Å². The van der Waals surface area contributed by atoms with E-state index in [0.29, 0.717) is 22.7 Å². The summed E-state index contributed by atoms with van der Waals surface area (Å²) in [5, 5.41) is 16.3. The number of amides is 1. The van der Waals surface area contributed by atoms with Crippen LogP contribution in [-0.2, 0) is 155 Å². The summed E-state index contributed by atoms with van der Waals surface area (Å²) < 4.78 is 132. The molecule has 32 heteroatoms. The van der Waals surface area contributed by atoms with Gasteiger partial charge in [0.25, 0.3) is 5.79 Å². The highest BCUT2D eigenvalue weighted by molar-refractivity contribution is 6.76. The van der Waals surface area contributed by atoms with E-state index in [2.05, 4.69) is 25.0 Å². The van der Waals surface area contributed by atoms with Gasteiger partial charge < -0.3 is 105 Å². The molecule has 31 nitrogen and oxygen atoms in total. The molecule has 21 atom stereocenters. The van der Waals surface area contributed by atoms with E-state index in [4.69, 9.17) is 94.7 Å². The van der Waals surface area contributed by atoms with Crippen LogP contribution in [-0.4, -0.2) is 229 Å². The minimum atomic E-state index is -3.11. The van der Waals surface area contributed by atoms with E-state index in [1.54, 1.807) is 79.7 Å². The van der Waals surface area contributed by atoms with Crippen LogP contribution in [0.2, 0.25) is 25.7 Å². The third kappa shape index (κ3) is 26.4. The number of hydrogen-bond acceptors (Lipinski definition) is 30. The lowest BCUT2D eigenvalue weighted by Crippen LogP contribution is -2.72. The summed E-state index contributed by atoms with van der Waals surface area (Å²) in [5.41, 5.74) is 2.77. The number of aliphatic hydroxyl groups excluding tert-OH is 1. The van der Waals surface area contributed by atoms with Crippen molar-refractivity contribution in [2.45, 2.75) is 235 Å². The lowest BCUT2D eigenvalue weighted by molar-refractivity contribution is -0.404. The van der Waals surface area contributed by atoms with E-state index in [-0.39, 0.29) is 44.2 Å². The predicted octanol–water partition coefficient (Wildman–Crippen LogP) is 8.56. The quantitative estimate of drug-likeness (QED) is 0.0208. The topological polar surface area (TPSA) is 370 Å². The van der Waals surface area contributed by atoms with Gasteiger partial charge in [0, 0.05) is 56.2 Å². The zero-order chi connectivity index (χ0) is 85.3. The van der Waals surface area contributed by atoms with Crippen LogP contribution in [0.15, 0.2) is 182 Å². The van der Waals surface area contributed by atoms with Crippen LogP contribution in [0.1, 0.15) is 97.9 Å². The zero-order valence-corrected chi connectivity index (χ0v) is 69.2. The maximum absolute atomic E-state index is 15.6. The second kappa shape index (κ2) is 44.0. The first kappa shape index (κ1) is 91.6. The minimum Gasteiger partial charge on any atom is -0.465 e. The number of carbonyl (C=O) groups excluding carboxylic acids is 9. The van der Waals surface area contributed by atoms with Crippen LogP contribution in [0.3, 0.4) is 0 Å². The van der Waals surface area contributed by atoms with E-state index in [0.717, 1.165) is 47.3 Å². The third-order valence-electron chi connectivity index (χ3n) is 19.6. The molecule has 1 amide bonds. The Balaban J connectivity index is 1.19. The van der Waals surface area contributed by atoms with Gasteiger partial charge in [0.05, 0.1) is 76.4 Å². The molecule has 4 aliphatic rings. The molecule has 4 saturated heterocycles. The number of hydrogen-bond donors (Lipinski definition) is 2. The standard InChI is InChI=1S/C87H105NO30Si/c1-52-71(109-57(6)93)76(104-47-61-34-22-14-23-35-61)78(105-48-62-36-24-15-25-37-62)84(106-52)115-73-67(50-101-46-60-32-20-13-21-33-60)112-85(80(114-82(97)64-40-28-17-29-41-64)77(73)113-81(96)63-38-26-16-27-39-63)116-79-75(70(95)66(49-100-45-59-30-18-12-19-31-59)111-83(79)102-42-43-119(9,10)11)118-87(86(98)99-8)44-65(107-55(4)91)69(88-53(2)89)74(117-87)72(110-58(7)94)68(108-56(5)92)51-103-54(3)90/h12-41,52,65-80,83-85,95H,42-51H2,1-11H3,(H,88,89)/t52-,65-,66+,67+,68+,69+,70-,71-,72+,73+,74+,75-,76+,77-,78+,79+,80+,83+,84+,85-,87-/m0/s1. The largest absolute Gasteiger partial charge is 0.465 e. The molecule has 6 aromatic carbocycles. The maximum Gasteiger partial charge on any atom is 0.366 e. The van der Waals surface area contributed by atoms with Gasteiger partial charge in [0.15, 0.2) is 49.4 Å². The van der Waals surface area contributed by atoms with Crippen molar-refractivity contribution in [2.75, 3.05) is 33.5 Å². The smallest absolute Gasteiger partial charge is 0.366 e. The first-order valence-electron chi connectivity index (χ1n) is 39.2. The molecule has 0 aliphatic carbocycles. The second-order valence-corrected chi connectivity index (χ2v) is 35.9. The first-order valence-corrected chi connectivity index (χ1v) is 42.9. The van der Waals surface area contributed by atoms with E-state index in [1.165, 1.54) is 31.2 Å². The Morgan fingerprint density at radius 2 is 0.958 bits per heavy atom. The van der Waals surface area contributed by atoms with E-state index >= 15 is 14.4 Å². The van der Waals surface area contributed by atoms with E-state index < -0.39 is 216 Å². The molecule has 2 N–H and O–H groups in total. The number of carbonyl (C=O) groups is 9. The zero-order valence-electron chi connectivity index (χ0n) is 68.2. The number of nitrogens with one attached hydrogen (secondary N) is 1. The van der Waals surface area contributed by atoms with Crippen LogP contribution < -0.4 is 5.32 Å². The summed E-state index contributed by atoms with van der Waals surface area (Å²) in [4.78, 5) is 126. The van der Waals surface area contributed by atoms with Crippen LogP contribution in [0.4, 0.5) is 0 Å². The molecule has 4 heterocycles. The van der Waals surface area contributed by atoms with Gasteiger partial charge in [0.2, 0.25) is 5.91 Å². The summed E-state index contributed by atoms with van der Waals surface area (Å²) in [5.74, 6) is -12.1. The average molecular weight is 1670 g/mol. The van der Waals surface area contributed by atoms with Crippen LogP contribution in [0.5, 0.6) is 0 Å². The van der Waals surface area contributed by atoms with Crippen LogP contribution in [0, 0.1) is 0 Å². The number of methoxy groups -OCH3 is 1. The number of benzene rings is 6. The summed E-state index contributed by atoms with van der Waals surface area (Å²) in [7, 11) is -1.18. The molecule has 0 spiro atoms. The van der Waals surface area contributed by atoms with Gasteiger partial charge in [-0.05, 0) is 59.5 Å². The molecule has 0 bridgehead atoms. The summed E-state index contributed by atoms with van der Waals surface area (Å²) in [6.07, 6.45) is -34.4. The average Bonchev–Trinajstić information content (AvgIpc) is 0.741. The van der Waals surface area contributed by atoms with Crippen molar-refractivity contribution in [1.82, 2.24) is 5.32 Å². The minimum absolute atomic E-state index is 0.00715. The van der Waals surface area contributed by atoms with Gasteiger partial charge in [0.1, 0.15) is 67.6 Å². The molecule has 4 aliphatic heterocycles. The Labute approximate surface area is 691 Å². The second-order valence-electron chi connectivity index (χ2n) is 30.3. The molecule has 119 heavy (non-hydrogen) atoms. The molecule has 0 unspecified atom stereocenters. The third-order valence-corrected chi connectivity index (χ3v) is 21.3. The van der Waals surface area contributed by atoms with Crippen LogP contribution >= 0.6 is 0 Å². The Morgan fingerprint density at radius 1 is 0.487 bits per heavy atom. The highest BCUT2D eigenvalue weighted by atomic mass is 28.3. The first-order chi connectivity index (χ1) is 57.0. The van der Waals surface area contributed by atoms with Gasteiger partial charge >= 0.3 is 47.8 Å². The van der Waals surface area contributed by atoms with E-state index in [1.807, 2.05) is 84.9 Å². The van der Waals surface area contributed by atoms with Crippen LogP contribution in [0.25, 0.3) is 0 Å². The molecular weight excluding hydrogens is 1570 g/mol. The lowest BCUT2D eigenvalue weighted by atomic mass is 9.87.